The van der Waals surface area contributed by atoms with Gasteiger partial charge in [0.05, 0.1) is 18.8 Å². The van der Waals surface area contributed by atoms with Gasteiger partial charge in [0.2, 0.25) is 0 Å². The summed E-state index contributed by atoms with van der Waals surface area (Å²) in [6.07, 6.45) is -0.133. The van der Waals surface area contributed by atoms with Crippen LogP contribution in [0.15, 0.2) is 0 Å². The van der Waals surface area contributed by atoms with Gasteiger partial charge in [-0.05, 0) is 6.42 Å². The van der Waals surface area contributed by atoms with Gasteiger partial charge in [-0.1, -0.05) is 28.5 Å². The van der Waals surface area contributed by atoms with Gasteiger partial charge < -0.3 is 15.3 Å². The van der Waals surface area contributed by atoms with Crippen molar-refractivity contribution >= 4 is 21.6 Å². The van der Waals surface area contributed by atoms with Crippen LogP contribution >= 0.6 is 21.6 Å². The Morgan fingerprint density at radius 2 is 1.58 bits per heavy atom. The molecule has 74 valence electrons. The molecule has 0 aliphatic rings. The van der Waals surface area contributed by atoms with Gasteiger partial charge in [0.25, 0.3) is 0 Å². The zero-order chi connectivity index (χ0) is 9.40. The minimum Gasteiger partial charge on any atom is -0.394 e. The molecule has 0 amide bonds. The second-order valence-corrected chi connectivity index (χ2v) is 5.02. The van der Waals surface area contributed by atoms with Crippen LogP contribution in [0.1, 0.15) is 13.3 Å². The Bertz CT molecular complexity index is 90.7. The standard InChI is InChI=1S/C7H16O3S2/c1-2-6(9)4-11-12-5-7(10)3-8/h6-10H,2-5H2,1H3. The van der Waals surface area contributed by atoms with E-state index in [0.29, 0.717) is 11.5 Å². The van der Waals surface area contributed by atoms with Crippen LogP contribution in [0.4, 0.5) is 0 Å². The monoisotopic (exact) mass is 212 g/mol. The van der Waals surface area contributed by atoms with Crippen LogP contribution in [0.25, 0.3) is 0 Å². The molecule has 3 N–H and O–H groups in total. The normalized spacial score (nSPS) is 16.0. The van der Waals surface area contributed by atoms with Crippen LogP contribution in [0.3, 0.4) is 0 Å². The molecule has 2 atom stereocenters. The summed E-state index contributed by atoms with van der Waals surface area (Å²) in [5.74, 6) is 1.19. The molecular formula is C7H16O3S2. The van der Waals surface area contributed by atoms with Gasteiger partial charge in [-0.25, -0.2) is 0 Å². The maximum Gasteiger partial charge on any atom is 0.0869 e. The molecule has 0 heterocycles. The molecule has 0 aromatic rings. The highest BCUT2D eigenvalue weighted by atomic mass is 33.1. The first-order chi connectivity index (χ1) is 5.70. The predicted octanol–water partition coefficient (Wildman–Crippen LogP) is 0.492. The highest BCUT2D eigenvalue weighted by Crippen LogP contribution is 2.23. The van der Waals surface area contributed by atoms with E-state index in [2.05, 4.69) is 0 Å². The van der Waals surface area contributed by atoms with Gasteiger partial charge >= 0.3 is 0 Å². The third-order valence-electron chi connectivity index (χ3n) is 1.29. The third-order valence-corrected chi connectivity index (χ3v) is 3.81. The van der Waals surface area contributed by atoms with E-state index in [1.165, 1.54) is 21.6 Å². The highest BCUT2D eigenvalue weighted by molar-refractivity contribution is 8.76. The fraction of sp³-hybridized carbons (Fsp3) is 1.00. The Hall–Kier alpha value is 0.580. The average Bonchev–Trinajstić information content (AvgIpc) is 2.11. The van der Waals surface area contributed by atoms with Gasteiger partial charge in [0.1, 0.15) is 0 Å². The van der Waals surface area contributed by atoms with Crippen LogP contribution in [0.2, 0.25) is 0 Å². The van der Waals surface area contributed by atoms with Crippen molar-refractivity contribution in [3.05, 3.63) is 0 Å². The van der Waals surface area contributed by atoms with E-state index in [1.54, 1.807) is 0 Å². The van der Waals surface area contributed by atoms with E-state index in [0.717, 1.165) is 6.42 Å². The molecule has 0 saturated heterocycles. The van der Waals surface area contributed by atoms with Crippen molar-refractivity contribution in [1.29, 1.82) is 0 Å². The van der Waals surface area contributed by atoms with Gasteiger partial charge in [-0.15, -0.1) is 0 Å². The van der Waals surface area contributed by atoms with Crippen LogP contribution in [0, 0.1) is 0 Å². The number of aliphatic hydroxyl groups excluding tert-OH is 3. The van der Waals surface area contributed by atoms with Gasteiger partial charge in [-0.2, -0.15) is 0 Å². The SMILES string of the molecule is CCC(O)CSSCC(O)CO. The minimum absolute atomic E-state index is 0.191. The topological polar surface area (TPSA) is 60.7 Å². The molecule has 0 aliphatic heterocycles. The molecule has 3 nitrogen and oxygen atoms in total. The maximum atomic E-state index is 9.13. The fourth-order valence-corrected chi connectivity index (χ4v) is 2.79. The Morgan fingerprint density at radius 1 is 1.08 bits per heavy atom. The summed E-state index contributed by atoms with van der Waals surface area (Å²) < 4.78 is 0. The predicted molar refractivity (Wildman–Crippen MR) is 54.3 cm³/mol. The maximum absolute atomic E-state index is 9.13. The van der Waals surface area contributed by atoms with Crippen LogP contribution < -0.4 is 0 Å². The lowest BCUT2D eigenvalue weighted by Crippen LogP contribution is -2.14. The van der Waals surface area contributed by atoms with E-state index in [-0.39, 0.29) is 12.7 Å². The average molecular weight is 212 g/mol. The largest absolute Gasteiger partial charge is 0.394 e. The molecule has 2 unspecified atom stereocenters. The van der Waals surface area contributed by atoms with Gasteiger partial charge in [0.15, 0.2) is 0 Å². The van der Waals surface area contributed by atoms with Crippen LogP contribution in [-0.2, 0) is 0 Å². The van der Waals surface area contributed by atoms with E-state index in [4.69, 9.17) is 15.3 Å². The minimum atomic E-state index is -0.638. The molecule has 0 fully saturated rings. The number of hydrogen-bond donors (Lipinski definition) is 3. The zero-order valence-corrected chi connectivity index (χ0v) is 8.77. The van der Waals surface area contributed by atoms with Gasteiger partial charge in [0, 0.05) is 11.5 Å². The molecule has 5 heteroatoms. The third kappa shape index (κ3) is 7.24. The lowest BCUT2D eigenvalue weighted by molar-refractivity contribution is 0.114. The summed E-state index contributed by atoms with van der Waals surface area (Å²) in [5.41, 5.74) is 0. The van der Waals surface area contributed by atoms with E-state index < -0.39 is 6.10 Å². The summed E-state index contributed by atoms with van der Waals surface area (Å²) >= 11 is 0. The lowest BCUT2D eigenvalue weighted by atomic mass is 10.3. The van der Waals surface area contributed by atoms with Crippen LogP contribution in [0.5, 0.6) is 0 Å². The molecule has 0 aromatic carbocycles. The molecule has 0 aliphatic carbocycles. The summed E-state index contributed by atoms with van der Waals surface area (Å²) in [6, 6.07) is 0. The number of hydrogen-bond acceptors (Lipinski definition) is 5. The molecular weight excluding hydrogens is 196 g/mol. The Morgan fingerprint density at radius 3 is 2.00 bits per heavy atom. The summed E-state index contributed by atoms with van der Waals surface area (Å²) in [5, 5.41) is 26.5. The van der Waals surface area contributed by atoms with Crippen molar-refractivity contribution < 1.29 is 15.3 Å². The molecule has 0 rings (SSSR count). The number of rotatable bonds is 7. The molecule has 0 spiro atoms. The van der Waals surface area contributed by atoms with Crippen molar-refractivity contribution in [3.8, 4) is 0 Å². The van der Waals surface area contributed by atoms with Crippen molar-refractivity contribution in [2.75, 3.05) is 18.1 Å². The molecule has 12 heavy (non-hydrogen) atoms. The first-order valence-corrected chi connectivity index (χ1v) is 6.40. The first kappa shape index (κ1) is 12.6. The van der Waals surface area contributed by atoms with E-state index >= 15 is 0 Å². The molecule has 0 aromatic heterocycles. The van der Waals surface area contributed by atoms with Crippen LogP contribution in [-0.4, -0.2) is 45.6 Å². The number of aliphatic hydroxyl groups is 3. The molecule has 0 radical (unpaired) electrons. The Kier molecular flexibility index (Phi) is 8.59. The highest BCUT2D eigenvalue weighted by Gasteiger charge is 2.04. The van der Waals surface area contributed by atoms with Crippen molar-refractivity contribution in [2.24, 2.45) is 0 Å². The molecule has 0 bridgehead atoms. The van der Waals surface area contributed by atoms with E-state index in [1.807, 2.05) is 6.92 Å². The smallest absolute Gasteiger partial charge is 0.0869 e. The summed E-state index contributed by atoms with van der Waals surface area (Å²) in [4.78, 5) is 0. The quantitative estimate of drug-likeness (QED) is 0.423. The van der Waals surface area contributed by atoms with Crippen molar-refractivity contribution in [2.45, 2.75) is 25.6 Å². The lowest BCUT2D eigenvalue weighted by Gasteiger charge is -2.08. The van der Waals surface area contributed by atoms with Crippen molar-refractivity contribution in [1.82, 2.24) is 0 Å². The Labute approximate surface area is 81.0 Å². The Balaban J connectivity index is 3.10. The van der Waals surface area contributed by atoms with Crippen molar-refractivity contribution in [3.63, 3.8) is 0 Å². The first-order valence-electron chi connectivity index (χ1n) is 3.92. The fourth-order valence-electron chi connectivity index (χ4n) is 0.424. The summed E-state index contributed by atoms with van der Waals surface area (Å²) in [6.45, 7) is 1.74. The summed E-state index contributed by atoms with van der Waals surface area (Å²) in [7, 11) is 3.00. The zero-order valence-electron chi connectivity index (χ0n) is 7.14. The van der Waals surface area contributed by atoms with Gasteiger partial charge in [-0.3, -0.25) is 0 Å². The molecule has 0 saturated carbocycles. The second kappa shape index (κ2) is 8.19. The second-order valence-electron chi connectivity index (χ2n) is 2.47. The van der Waals surface area contributed by atoms with E-state index in [9.17, 15) is 0 Å².